The minimum Gasteiger partial charge on any atom is -0.292 e. The van der Waals surface area contributed by atoms with Crippen molar-refractivity contribution >= 4 is 11.8 Å². The number of hydrogen-bond donors (Lipinski definition) is 0. The molecule has 1 aliphatic heterocycles. The maximum atomic E-state index is 2.39. The first-order valence-corrected chi connectivity index (χ1v) is 3.54. The predicted molar refractivity (Wildman–Crippen MR) is 30.0 cm³/mol. The highest BCUT2D eigenvalue weighted by molar-refractivity contribution is 7.98. The predicted octanol–water partition coefficient (Wildman–Crippen LogP) is 0.623. The molecule has 1 rings (SSSR count). The van der Waals surface area contributed by atoms with Crippen LogP contribution in [0.15, 0.2) is 0 Å². The zero-order valence-corrected chi connectivity index (χ0v) is 4.79. The summed E-state index contributed by atoms with van der Waals surface area (Å²) in [7, 11) is 0. The average Bonchev–Trinajstić information content (AvgIpc) is 2.21. The third-order valence-corrected chi connectivity index (χ3v) is 1.47. The van der Waals surface area contributed by atoms with Gasteiger partial charge in [-0.1, -0.05) is 0 Å². The summed E-state index contributed by atoms with van der Waals surface area (Å²) in [4.78, 5) is 2.39. The number of rotatable bonds is 2. The molecule has 0 spiro atoms. The van der Waals surface area contributed by atoms with Crippen LogP contribution in [0.2, 0.25) is 0 Å². The van der Waals surface area contributed by atoms with E-state index in [-0.39, 0.29) is 0 Å². The largest absolute Gasteiger partial charge is 0.292 e. The lowest BCUT2D eigenvalue weighted by atomic mass is 11.0. The second kappa shape index (κ2) is 1.85. The molecule has 0 aliphatic carbocycles. The molecule has 36 valence electrons. The Morgan fingerprint density at radius 2 is 2.33 bits per heavy atom. The first-order chi connectivity index (χ1) is 2.93. The van der Waals surface area contributed by atoms with Gasteiger partial charge >= 0.3 is 0 Å². The molecule has 0 aromatic rings. The normalized spacial score (nSPS) is 21.5. The van der Waals surface area contributed by atoms with E-state index < -0.39 is 0 Å². The van der Waals surface area contributed by atoms with Crippen molar-refractivity contribution in [2.24, 2.45) is 0 Å². The van der Waals surface area contributed by atoms with Gasteiger partial charge in [0, 0.05) is 19.0 Å². The Morgan fingerprint density at radius 3 is 2.50 bits per heavy atom. The summed E-state index contributed by atoms with van der Waals surface area (Å²) in [5.74, 6) is 1.24. The van der Waals surface area contributed by atoms with Crippen LogP contribution >= 0.6 is 11.8 Å². The van der Waals surface area contributed by atoms with Crippen LogP contribution in [0.25, 0.3) is 0 Å². The van der Waals surface area contributed by atoms with E-state index in [1.54, 1.807) is 0 Å². The van der Waals surface area contributed by atoms with Crippen molar-refractivity contribution in [1.82, 2.24) is 4.90 Å². The minimum absolute atomic E-state index is 1.24. The van der Waals surface area contributed by atoms with Gasteiger partial charge < -0.3 is 0 Å². The molecule has 0 radical (unpaired) electrons. The smallest absolute Gasteiger partial charge is 0.0442 e. The average molecular weight is 103 g/mol. The zero-order chi connectivity index (χ0) is 4.41. The summed E-state index contributed by atoms with van der Waals surface area (Å²) in [5, 5.41) is 0. The maximum absolute atomic E-state index is 2.39. The number of thioether (sulfide) groups is 1. The molecular formula is C4H9NS. The first-order valence-electron chi connectivity index (χ1n) is 2.15. The van der Waals surface area contributed by atoms with E-state index in [4.69, 9.17) is 0 Å². The van der Waals surface area contributed by atoms with Crippen molar-refractivity contribution in [3.05, 3.63) is 0 Å². The lowest BCUT2D eigenvalue weighted by Gasteiger charge is -1.89. The molecule has 1 nitrogen and oxygen atoms in total. The van der Waals surface area contributed by atoms with Gasteiger partial charge in [0.15, 0.2) is 0 Å². The molecule has 0 unspecified atom stereocenters. The zero-order valence-electron chi connectivity index (χ0n) is 3.98. The molecule has 1 fully saturated rings. The summed E-state index contributed by atoms with van der Waals surface area (Å²) in [6.07, 6.45) is 2.14. The third kappa shape index (κ3) is 1.19. The highest BCUT2D eigenvalue weighted by Crippen LogP contribution is 2.07. The minimum atomic E-state index is 1.24. The van der Waals surface area contributed by atoms with Gasteiger partial charge in [0.25, 0.3) is 0 Å². The maximum Gasteiger partial charge on any atom is 0.0442 e. The van der Waals surface area contributed by atoms with Gasteiger partial charge in [-0.15, -0.1) is 11.8 Å². The lowest BCUT2D eigenvalue weighted by Crippen LogP contribution is -1.90. The molecule has 0 bridgehead atoms. The quantitative estimate of drug-likeness (QED) is 0.471. The van der Waals surface area contributed by atoms with E-state index in [9.17, 15) is 0 Å². The van der Waals surface area contributed by atoms with Crippen LogP contribution in [0.1, 0.15) is 0 Å². The summed E-state index contributed by atoms with van der Waals surface area (Å²) in [6, 6.07) is 0. The summed E-state index contributed by atoms with van der Waals surface area (Å²) in [5.41, 5.74) is 0. The Morgan fingerprint density at radius 1 is 1.67 bits per heavy atom. The fourth-order valence-corrected chi connectivity index (χ4v) is 1.01. The Balaban J connectivity index is 1.88. The van der Waals surface area contributed by atoms with Gasteiger partial charge in [-0.2, -0.15) is 0 Å². The fraction of sp³-hybridized carbons (Fsp3) is 1.00. The third-order valence-electron chi connectivity index (χ3n) is 0.852. The Kier molecular flexibility index (Phi) is 1.37. The molecule has 0 aromatic heterocycles. The fourth-order valence-electron chi connectivity index (χ4n) is 0.382. The number of nitrogens with zero attached hydrogens (tertiary/aromatic N) is 1. The highest BCUT2D eigenvalue weighted by Gasteiger charge is 2.14. The summed E-state index contributed by atoms with van der Waals surface area (Å²) >= 11 is 1.90. The van der Waals surface area contributed by atoms with Crippen LogP contribution in [-0.2, 0) is 0 Å². The highest BCUT2D eigenvalue weighted by atomic mass is 32.2. The Bertz CT molecular complexity index is 42.8. The number of hydrogen-bond acceptors (Lipinski definition) is 2. The standard InChI is InChI=1S/C4H9NS/c1-6-4-5-2-3-5/h2-4H2,1H3. The molecular weight excluding hydrogens is 94.1 g/mol. The molecule has 1 aliphatic rings. The summed E-state index contributed by atoms with van der Waals surface area (Å²) < 4.78 is 0. The lowest BCUT2D eigenvalue weighted by molar-refractivity contribution is 0.672. The molecule has 2 heteroatoms. The van der Waals surface area contributed by atoms with Gasteiger partial charge in [-0.05, 0) is 6.26 Å². The molecule has 0 amide bonds. The molecule has 6 heavy (non-hydrogen) atoms. The van der Waals surface area contributed by atoms with Gasteiger partial charge in [0.2, 0.25) is 0 Å². The first kappa shape index (κ1) is 4.47. The Hall–Kier alpha value is 0.310. The van der Waals surface area contributed by atoms with E-state index in [1.165, 1.54) is 19.0 Å². The second-order valence-electron chi connectivity index (χ2n) is 1.54. The van der Waals surface area contributed by atoms with Crippen LogP contribution in [0, 0.1) is 0 Å². The van der Waals surface area contributed by atoms with Crippen LogP contribution < -0.4 is 0 Å². The van der Waals surface area contributed by atoms with Crippen molar-refractivity contribution in [3.63, 3.8) is 0 Å². The van der Waals surface area contributed by atoms with Gasteiger partial charge in [0.05, 0.1) is 0 Å². The van der Waals surface area contributed by atoms with E-state index in [0.29, 0.717) is 0 Å². The summed E-state index contributed by atoms with van der Waals surface area (Å²) in [6.45, 7) is 2.67. The molecule has 0 atom stereocenters. The molecule has 0 N–H and O–H groups in total. The monoisotopic (exact) mass is 103 g/mol. The molecule has 1 heterocycles. The van der Waals surface area contributed by atoms with E-state index in [0.717, 1.165) is 0 Å². The van der Waals surface area contributed by atoms with Crippen molar-refractivity contribution in [2.75, 3.05) is 25.2 Å². The van der Waals surface area contributed by atoms with E-state index in [2.05, 4.69) is 11.2 Å². The SMILES string of the molecule is CSCN1CC1. The Labute approximate surface area is 42.7 Å². The van der Waals surface area contributed by atoms with Crippen LogP contribution in [0.4, 0.5) is 0 Å². The van der Waals surface area contributed by atoms with Crippen molar-refractivity contribution in [1.29, 1.82) is 0 Å². The van der Waals surface area contributed by atoms with E-state index in [1.807, 2.05) is 11.8 Å². The molecule has 0 saturated carbocycles. The van der Waals surface area contributed by atoms with Crippen LogP contribution in [0.5, 0.6) is 0 Å². The van der Waals surface area contributed by atoms with Crippen molar-refractivity contribution in [2.45, 2.75) is 0 Å². The van der Waals surface area contributed by atoms with Gasteiger partial charge in [-0.25, -0.2) is 0 Å². The van der Waals surface area contributed by atoms with Gasteiger partial charge in [0.1, 0.15) is 0 Å². The van der Waals surface area contributed by atoms with Crippen molar-refractivity contribution < 1.29 is 0 Å². The van der Waals surface area contributed by atoms with E-state index >= 15 is 0 Å². The molecule has 1 saturated heterocycles. The second-order valence-corrected chi connectivity index (χ2v) is 2.37. The van der Waals surface area contributed by atoms with Crippen LogP contribution in [-0.4, -0.2) is 30.1 Å². The van der Waals surface area contributed by atoms with Gasteiger partial charge in [-0.3, -0.25) is 4.90 Å². The molecule has 0 aromatic carbocycles. The van der Waals surface area contributed by atoms with Crippen molar-refractivity contribution in [3.8, 4) is 0 Å². The van der Waals surface area contributed by atoms with Crippen LogP contribution in [0.3, 0.4) is 0 Å². The topological polar surface area (TPSA) is 3.01 Å².